The van der Waals surface area contributed by atoms with Crippen LogP contribution in [0.1, 0.15) is 24.1 Å². The average Bonchev–Trinajstić information content (AvgIpc) is 2.68. The van der Waals surface area contributed by atoms with Gasteiger partial charge in [-0.05, 0) is 32.1 Å². The zero-order chi connectivity index (χ0) is 18.4. The van der Waals surface area contributed by atoms with E-state index in [2.05, 4.69) is 64.9 Å². The molecule has 0 saturated carbocycles. The van der Waals surface area contributed by atoms with Crippen molar-refractivity contribution in [2.75, 3.05) is 79.7 Å². The molecule has 0 radical (unpaired) electrons. The highest BCUT2D eigenvalue weighted by atomic mass is 16.5. The highest BCUT2D eigenvalue weighted by molar-refractivity contribution is 5.25. The SMILES string of the molecule is C[C@H](c1cccc(CN2CCN(CCN3CCOCC3)CC2)c1)N(C)C. The lowest BCUT2D eigenvalue weighted by molar-refractivity contribution is 0.0297. The van der Waals surface area contributed by atoms with E-state index in [1.165, 1.54) is 50.4 Å². The van der Waals surface area contributed by atoms with Crippen molar-refractivity contribution < 1.29 is 4.74 Å². The minimum atomic E-state index is 0.465. The normalized spacial score (nSPS) is 22.0. The van der Waals surface area contributed by atoms with Crippen molar-refractivity contribution in [1.82, 2.24) is 19.6 Å². The summed E-state index contributed by atoms with van der Waals surface area (Å²) in [4.78, 5) is 10.0. The van der Waals surface area contributed by atoms with Gasteiger partial charge in [0.1, 0.15) is 0 Å². The summed E-state index contributed by atoms with van der Waals surface area (Å²) < 4.78 is 5.43. The van der Waals surface area contributed by atoms with Gasteiger partial charge in [0.2, 0.25) is 0 Å². The molecule has 2 aliphatic heterocycles. The van der Waals surface area contributed by atoms with Crippen LogP contribution < -0.4 is 0 Å². The summed E-state index contributed by atoms with van der Waals surface area (Å²) in [5.74, 6) is 0. The first-order valence-electron chi connectivity index (χ1n) is 10.1. The number of piperazine rings is 1. The Morgan fingerprint density at radius 2 is 1.54 bits per heavy atom. The van der Waals surface area contributed by atoms with E-state index >= 15 is 0 Å². The van der Waals surface area contributed by atoms with Gasteiger partial charge in [-0.2, -0.15) is 0 Å². The molecule has 26 heavy (non-hydrogen) atoms. The van der Waals surface area contributed by atoms with Crippen LogP contribution in [-0.4, -0.2) is 99.3 Å². The number of ether oxygens (including phenoxy) is 1. The molecule has 2 aliphatic rings. The van der Waals surface area contributed by atoms with Crippen LogP contribution in [0.2, 0.25) is 0 Å². The van der Waals surface area contributed by atoms with E-state index in [-0.39, 0.29) is 0 Å². The Balaban J connectivity index is 1.41. The van der Waals surface area contributed by atoms with Gasteiger partial charge < -0.3 is 9.64 Å². The molecule has 0 unspecified atom stereocenters. The predicted octanol–water partition coefficient (Wildman–Crippen LogP) is 1.76. The zero-order valence-electron chi connectivity index (χ0n) is 16.9. The molecule has 1 aromatic rings. The zero-order valence-corrected chi connectivity index (χ0v) is 16.9. The molecular weight excluding hydrogens is 324 g/mol. The van der Waals surface area contributed by atoms with Crippen molar-refractivity contribution in [3.8, 4) is 0 Å². The third kappa shape index (κ3) is 5.76. The van der Waals surface area contributed by atoms with E-state index in [1.54, 1.807) is 0 Å². The molecular formula is C21H36N4O. The molecule has 0 spiro atoms. The Morgan fingerprint density at radius 1 is 0.923 bits per heavy atom. The van der Waals surface area contributed by atoms with Crippen molar-refractivity contribution in [2.45, 2.75) is 19.5 Å². The molecule has 0 amide bonds. The van der Waals surface area contributed by atoms with Crippen LogP contribution in [-0.2, 0) is 11.3 Å². The second kappa shape index (κ2) is 9.81. The Labute approximate surface area is 159 Å². The van der Waals surface area contributed by atoms with E-state index in [4.69, 9.17) is 4.74 Å². The molecule has 0 N–H and O–H groups in total. The topological polar surface area (TPSA) is 22.2 Å². The molecule has 146 valence electrons. The standard InChI is InChI=1S/C21H36N4O/c1-19(22(2)3)21-6-4-5-20(17-21)18-25-11-9-23(10-12-25)7-8-24-13-15-26-16-14-24/h4-6,17,19H,7-16,18H2,1-3H3/t19-/m1/s1. The molecule has 3 rings (SSSR count). The van der Waals surface area contributed by atoms with Gasteiger partial charge in [-0.3, -0.25) is 14.7 Å². The minimum Gasteiger partial charge on any atom is -0.379 e. The van der Waals surface area contributed by atoms with Crippen molar-refractivity contribution in [2.24, 2.45) is 0 Å². The fraction of sp³-hybridized carbons (Fsp3) is 0.714. The minimum absolute atomic E-state index is 0.465. The lowest BCUT2D eigenvalue weighted by Gasteiger charge is -2.36. The van der Waals surface area contributed by atoms with Crippen LogP contribution in [0, 0.1) is 0 Å². The molecule has 0 bridgehead atoms. The Hall–Kier alpha value is -0.980. The maximum absolute atomic E-state index is 5.43. The molecule has 1 atom stereocenters. The second-order valence-electron chi connectivity index (χ2n) is 7.96. The van der Waals surface area contributed by atoms with Gasteiger partial charge in [0.05, 0.1) is 13.2 Å². The monoisotopic (exact) mass is 360 g/mol. The van der Waals surface area contributed by atoms with Crippen LogP contribution in [0.3, 0.4) is 0 Å². The molecule has 2 saturated heterocycles. The number of hydrogen-bond donors (Lipinski definition) is 0. The van der Waals surface area contributed by atoms with Crippen LogP contribution in [0.5, 0.6) is 0 Å². The molecule has 5 heteroatoms. The number of hydrogen-bond acceptors (Lipinski definition) is 5. The molecule has 0 aromatic heterocycles. The third-order valence-corrected chi connectivity index (χ3v) is 5.92. The van der Waals surface area contributed by atoms with Gasteiger partial charge in [-0.25, -0.2) is 0 Å². The highest BCUT2D eigenvalue weighted by Crippen LogP contribution is 2.19. The first kappa shape index (κ1) is 19.8. The quantitative estimate of drug-likeness (QED) is 0.737. The number of benzene rings is 1. The highest BCUT2D eigenvalue weighted by Gasteiger charge is 2.19. The smallest absolute Gasteiger partial charge is 0.0594 e. The summed E-state index contributed by atoms with van der Waals surface area (Å²) >= 11 is 0. The molecule has 0 aliphatic carbocycles. The summed E-state index contributed by atoms with van der Waals surface area (Å²) in [5, 5.41) is 0. The van der Waals surface area contributed by atoms with Gasteiger partial charge in [0.15, 0.2) is 0 Å². The van der Waals surface area contributed by atoms with Crippen LogP contribution in [0.15, 0.2) is 24.3 Å². The van der Waals surface area contributed by atoms with Gasteiger partial charge in [0.25, 0.3) is 0 Å². The molecule has 2 fully saturated rings. The lowest BCUT2D eigenvalue weighted by Crippen LogP contribution is -2.49. The van der Waals surface area contributed by atoms with Crippen molar-refractivity contribution in [1.29, 1.82) is 0 Å². The predicted molar refractivity (Wildman–Crippen MR) is 108 cm³/mol. The lowest BCUT2D eigenvalue weighted by atomic mass is 10.0. The van der Waals surface area contributed by atoms with Crippen LogP contribution in [0.25, 0.3) is 0 Å². The largest absolute Gasteiger partial charge is 0.379 e. The summed E-state index contributed by atoms with van der Waals surface area (Å²) in [6.07, 6.45) is 0. The first-order valence-corrected chi connectivity index (χ1v) is 10.1. The first-order chi connectivity index (χ1) is 12.6. The van der Waals surface area contributed by atoms with E-state index in [0.29, 0.717) is 6.04 Å². The van der Waals surface area contributed by atoms with Crippen LogP contribution >= 0.6 is 0 Å². The van der Waals surface area contributed by atoms with E-state index < -0.39 is 0 Å². The van der Waals surface area contributed by atoms with Crippen molar-refractivity contribution in [3.05, 3.63) is 35.4 Å². The summed E-state index contributed by atoms with van der Waals surface area (Å²) in [6, 6.07) is 9.58. The van der Waals surface area contributed by atoms with E-state index in [1.807, 2.05) is 0 Å². The fourth-order valence-corrected chi connectivity index (χ4v) is 3.79. The maximum atomic E-state index is 5.43. The van der Waals surface area contributed by atoms with Gasteiger partial charge in [-0.15, -0.1) is 0 Å². The Morgan fingerprint density at radius 3 is 2.19 bits per heavy atom. The maximum Gasteiger partial charge on any atom is 0.0594 e. The third-order valence-electron chi connectivity index (χ3n) is 5.92. The Kier molecular flexibility index (Phi) is 7.46. The fourth-order valence-electron chi connectivity index (χ4n) is 3.79. The molecule has 2 heterocycles. The number of rotatable bonds is 7. The summed E-state index contributed by atoms with van der Waals surface area (Å²) in [5.41, 5.74) is 2.86. The Bertz CT molecular complexity index is 537. The summed E-state index contributed by atoms with van der Waals surface area (Å²) in [7, 11) is 4.29. The van der Waals surface area contributed by atoms with E-state index in [9.17, 15) is 0 Å². The molecule has 5 nitrogen and oxygen atoms in total. The summed E-state index contributed by atoms with van der Waals surface area (Å²) in [6.45, 7) is 14.5. The second-order valence-corrected chi connectivity index (χ2v) is 7.96. The van der Waals surface area contributed by atoms with Crippen molar-refractivity contribution >= 4 is 0 Å². The van der Waals surface area contributed by atoms with Gasteiger partial charge in [-0.1, -0.05) is 24.3 Å². The van der Waals surface area contributed by atoms with Crippen LogP contribution in [0.4, 0.5) is 0 Å². The molecule has 1 aromatic carbocycles. The van der Waals surface area contributed by atoms with Crippen molar-refractivity contribution in [3.63, 3.8) is 0 Å². The average molecular weight is 361 g/mol. The van der Waals surface area contributed by atoms with Gasteiger partial charge >= 0.3 is 0 Å². The van der Waals surface area contributed by atoms with E-state index in [0.717, 1.165) is 32.8 Å². The number of nitrogens with zero attached hydrogens (tertiary/aromatic N) is 4. The number of morpholine rings is 1. The van der Waals surface area contributed by atoms with Gasteiger partial charge in [0, 0.05) is 64.9 Å².